The van der Waals surface area contributed by atoms with Gasteiger partial charge in [-0.25, -0.2) is 0 Å². The third-order valence-electron chi connectivity index (χ3n) is 5.76. The molecule has 0 unspecified atom stereocenters. The van der Waals surface area contributed by atoms with Crippen molar-refractivity contribution in [2.75, 3.05) is 31.6 Å². The van der Waals surface area contributed by atoms with Crippen LogP contribution >= 0.6 is 0 Å². The minimum absolute atomic E-state index is 0.0538. The number of anilines is 1. The van der Waals surface area contributed by atoms with Crippen LogP contribution in [0.25, 0.3) is 11.3 Å². The molecule has 0 aliphatic carbocycles. The summed E-state index contributed by atoms with van der Waals surface area (Å²) >= 11 is 0. The van der Waals surface area contributed by atoms with Gasteiger partial charge >= 0.3 is 0 Å². The van der Waals surface area contributed by atoms with Crippen molar-refractivity contribution in [2.45, 2.75) is 19.3 Å². The van der Waals surface area contributed by atoms with Gasteiger partial charge < -0.3 is 15.0 Å². The summed E-state index contributed by atoms with van der Waals surface area (Å²) in [4.78, 5) is 14.8. The molecule has 6 heteroatoms. The highest BCUT2D eigenvalue weighted by molar-refractivity contribution is 5.79. The van der Waals surface area contributed by atoms with Crippen LogP contribution < -0.4 is 15.0 Å². The van der Waals surface area contributed by atoms with Crippen LogP contribution in [0.1, 0.15) is 18.4 Å². The number of nitrogens with one attached hydrogen (secondary N) is 1. The molecule has 1 saturated heterocycles. The highest BCUT2D eigenvalue weighted by Gasteiger charge is 2.25. The lowest BCUT2D eigenvalue weighted by atomic mass is 9.96. The van der Waals surface area contributed by atoms with E-state index in [0.29, 0.717) is 6.54 Å². The molecule has 4 rings (SSSR count). The van der Waals surface area contributed by atoms with Crippen molar-refractivity contribution in [1.29, 1.82) is 0 Å². The van der Waals surface area contributed by atoms with Gasteiger partial charge in [-0.15, -0.1) is 10.2 Å². The molecular weight excluding hydrogens is 388 g/mol. The summed E-state index contributed by atoms with van der Waals surface area (Å²) in [6.07, 6.45) is 2.45. The van der Waals surface area contributed by atoms with Gasteiger partial charge in [0.2, 0.25) is 5.91 Å². The number of aromatic nitrogens is 2. The van der Waals surface area contributed by atoms with Crippen LogP contribution in [0.5, 0.6) is 5.75 Å². The molecule has 1 amide bonds. The summed E-state index contributed by atoms with van der Waals surface area (Å²) in [5.74, 6) is 1.92. The molecule has 0 spiro atoms. The van der Waals surface area contributed by atoms with E-state index in [0.717, 1.165) is 60.7 Å². The van der Waals surface area contributed by atoms with Gasteiger partial charge in [-0.2, -0.15) is 0 Å². The van der Waals surface area contributed by atoms with Crippen molar-refractivity contribution < 1.29 is 9.53 Å². The van der Waals surface area contributed by atoms with Crippen LogP contribution in [0, 0.1) is 5.92 Å². The highest BCUT2D eigenvalue weighted by atomic mass is 16.5. The number of benzene rings is 2. The first-order chi connectivity index (χ1) is 15.2. The Balaban J connectivity index is 1.24. The molecule has 31 heavy (non-hydrogen) atoms. The molecule has 0 saturated carbocycles. The largest absolute Gasteiger partial charge is 0.497 e. The molecule has 0 radical (unpaired) electrons. The molecule has 1 aliphatic heterocycles. The highest BCUT2D eigenvalue weighted by Crippen LogP contribution is 2.23. The monoisotopic (exact) mass is 416 g/mol. The van der Waals surface area contributed by atoms with Crippen molar-refractivity contribution in [3.05, 3.63) is 72.3 Å². The number of piperidine rings is 1. The fourth-order valence-electron chi connectivity index (χ4n) is 3.93. The minimum atomic E-state index is 0.0538. The van der Waals surface area contributed by atoms with Crippen molar-refractivity contribution in [3.63, 3.8) is 0 Å². The lowest BCUT2D eigenvalue weighted by molar-refractivity contribution is -0.125. The van der Waals surface area contributed by atoms with Crippen LogP contribution in [0.2, 0.25) is 0 Å². The number of ether oxygens (including phenoxy) is 1. The number of carbonyl (C=O) groups excluding carboxylic acids is 1. The van der Waals surface area contributed by atoms with Crippen LogP contribution in [-0.2, 0) is 11.2 Å². The van der Waals surface area contributed by atoms with E-state index in [-0.39, 0.29) is 11.8 Å². The molecule has 160 valence electrons. The number of amides is 1. The maximum atomic E-state index is 12.6. The molecule has 1 N–H and O–H groups in total. The molecule has 0 atom stereocenters. The van der Waals surface area contributed by atoms with Gasteiger partial charge in [0.15, 0.2) is 5.82 Å². The summed E-state index contributed by atoms with van der Waals surface area (Å²) in [6.45, 7) is 2.26. The van der Waals surface area contributed by atoms with Gasteiger partial charge in [0, 0.05) is 31.1 Å². The second kappa shape index (κ2) is 10.1. The minimum Gasteiger partial charge on any atom is -0.497 e. The Morgan fingerprint density at radius 3 is 2.55 bits per heavy atom. The number of rotatable bonds is 7. The number of methoxy groups -OCH3 is 1. The van der Waals surface area contributed by atoms with Crippen molar-refractivity contribution >= 4 is 11.7 Å². The second-order valence-electron chi connectivity index (χ2n) is 7.80. The Labute approximate surface area is 183 Å². The SMILES string of the molecule is COc1cccc(CCNC(=O)C2CCN(c3ccc(-c4ccccc4)nn3)CC2)c1. The maximum Gasteiger partial charge on any atom is 0.223 e. The molecule has 2 heterocycles. The third-order valence-corrected chi connectivity index (χ3v) is 5.76. The first-order valence-corrected chi connectivity index (χ1v) is 10.8. The van der Waals surface area contributed by atoms with Gasteiger partial charge in [0.25, 0.3) is 0 Å². The molecule has 1 fully saturated rings. The van der Waals surface area contributed by atoms with Crippen molar-refractivity contribution in [2.24, 2.45) is 5.92 Å². The Morgan fingerprint density at radius 2 is 1.84 bits per heavy atom. The van der Waals surface area contributed by atoms with E-state index in [1.807, 2.05) is 60.7 Å². The Bertz CT molecular complexity index is 984. The Hall–Kier alpha value is -3.41. The molecule has 3 aromatic rings. The van der Waals surface area contributed by atoms with E-state index >= 15 is 0 Å². The first kappa shape index (κ1) is 20.8. The summed E-state index contributed by atoms with van der Waals surface area (Å²) in [5, 5.41) is 11.9. The Morgan fingerprint density at radius 1 is 1.03 bits per heavy atom. The quantitative estimate of drug-likeness (QED) is 0.636. The normalized spacial score (nSPS) is 14.3. The standard InChI is InChI=1S/C25H28N4O2/c1-31-22-9-5-6-19(18-22)12-15-26-25(30)21-13-16-29(17-14-21)24-11-10-23(27-28-24)20-7-3-2-4-8-20/h2-11,18,21H,12-17H2,1H3,(H,26,30). The molecule has 1 aliphatic rings. The fourth-order valence-corrected chi connectivity index (χ4v) is 3.93. The number of hydrogen-bond acceptors (Lipinski definition) is 5. The van der Waals surface area contributed by atoms with Crippen LogP contribution in [0.4, 0.5) is 5.82 Å². The molecule has 1 aromatic heterocycles. The van der Waals surface area contributed by atoms with E-state index in [9.17, 15) is 4.79 Å². The molecule has 2 aromatic carbocycles. The van der Waals surface area contributed by atoms with E-state index in [1.54, 1.807) is 7.11 Å². The van der Waals surface area contributed by atoms with E-state index in [2.05, 4.69) is 26.5 Å². The van der Waals surface area contributed by atoms with Gasteiger partial charge in [0.1, 0.15) is 5.75 Å². The maximum absolute atomic E-state index is 12.6. The van der Waals surface area contributed by atoms with Crippen LogP contribution in [0.15, 0.2) is 66.7 Å². The topological polar surface area (TPSA) is 67.3 Å². The predicted octanol–water partition coefficient (Wildman–Crippen LogP) is 3.73. The van der Waals surface area contributed by atoms with Gasteiger partial charge in [-0.05, 0) is 49.1 Å². The van der Waals surface area contributed by atoms with Gasteiger partial charge in [-0.1, -0.05) is 42.5 Å². The second-order valence-corrected chi connectivity index (χ2v) is 7.80. The summed E-state index contributed by atoms with van der Waals surface area (Å²) in [7, 11) is 1.66. The molecule has 0 bridgehead atoms. The van der Waals surface area contributed by atoms with E-state index in [4.69, 9.17) is 4.74 Å². The summed E-state index contributed by atoms with van der Waals surface area (Å²) in [5.41, 5.74) is 3.09. The lowest BCUT2D eigenvalue weighted by Crippen LogP contribution is -2.41. The summed E-state index contributed by atoms with van der Waals surface area (Å²) < 4.78 is 5.25. The smallest absolute Gasteiger partial charge is 0.223 e. The lowest BCUT2D eigenvalue weighted by Gasteiger charge is -2.31. The number of nitrogens with zero attached hydrogens (tertiary/aromatic N) is 3. The summed E-state index contributed by atoms with van der Waals surface area (Å²) in [6, 6.07) is 22.0. The zero-order valence-electron chi connectivity index (χ0n) is 17.8. The molecular formula is C25H28N4O2. The van der Waals surface area contributed by atoms with Crippen molar-refractivity contribution in [3.8, 4) is 17.0 Å². The average Bonchev–Trinajstić information content (AvgIpc) is 2.85. The first-order valence-electron chi connectivity index (χ1n) is 10.8. The number of hydrogen-bond donors (Lipinski definition) is 1. The average molecular weight is 417 g/mol. The molecule has 6 nitrogen and oxygen atoms in total. The third kappa shape index (κ3) is 5.40. The zero-order valence-corrected chi connectivity index (χ0v) is 17.8. The van der Waals surface area contributed by atoms with Crippen LogP contribution in [-0.4, -0.2) is 42.8 Å². The van der Waals surface area contributed by atoms with E-state index in [1.165, 1.54) is 0 Å². The van der Waals surface area contributed by atoms with Gasteiger partial charge in [0.05, 0.1) is 12.8 Å². The number of carbonyl (C=O) groups is 1. The fraction of sp³-hybridized carbons (Fsp3) is 0.320. The van der Waals surface area contributed by atoms with Crippen molar-refractivity contribution in [1.82, 2.24) is 15.5 Å². The Kier molecular flexibility index (Phi) is 6.77. The van der Waals surface area contributed by atoms with Crippen LogP contribution in [0.3, 0.4) is 0 Å². The zero-order chi connectivity index (χ0) is 21.5. The predicted molar refractivity (Wildman–Crippen MR) is 122 cm³/mol. The van der Waals surface area contributed by atoms with E-state index < -0.39 is 0 Å². The van der Waals surface area contributed by atoms with Gasteiger partial charge in [-0.3, -0.25) is 4.79 Å².